The fourth-order valence-corrected chi connectivity index (χ4v) is 1.89. The zero-order chi connectivity index (χ0) is 13.8. The normalized spacial score (nSPS) is 12.2. The van der Waals surface area contributed by atoms with Crippen molar-refractivity contribution in [1.82, 2.24) is 4.98 Å². The lowest BCUT2D eigenvalue weighted by Crippen LogP contribution is -2.02. The highest BCUT2D eigenvalue weighted by Crippen LogP contribution is 2.37. The summed E-state index contributed by atoms with van der Waals surface area (Å²) in [5.41, 5.74) is 0. The molecule has 102 valence electrons. The molecule has 0 saturated heterocycles. The van der Waals surface area contributed by atoms with Gasteiger partial charge in [-0.3, -0.25) is 0 Å². The molecule has 7 heteroatoms. The van der Waals surface area contributed by atoms with E-state index in [1.807, 2.05) is 0 Å². The molecule has 0 amide bonds. The minimum absolute atomic E-state index is 0.142. The van der Waals surface area contributed by atoms with Gasteiger partial charge in [-0.05, 0) is 26.7 Å². The molecule has 1 aromatic heterocycles. The van der Waals surface area contributed by atoms with Gasteiger partial charge in [-0.25, -0.2) is 0 Å². The van der Waals surface area contributed by atoms with Crippen molar-refractivity contribution in [2.24, 2.45) is 0 Å². The van der Waals surface area contributed by atoms with Gasteiger partial charge in [0.15, 0.2) is 0 Å². The molecule has 0 aliphatic heterocycles. The van der Waals surface area contributed by atoms with Gasteiger partial charge in [0.1, 0.15) is 27.0 Å². The van der Waals surface area contributed by atoms with Crippen molar-refractivity contribution in [3.63, 3.8) is 0 Å². The summed E-state index contributed by atoms with van der Waals surface area (Å²) in [4.78, 5) is 4.09. The molecule has 0 fully saturated rings. The molecule has 18 heavy (non-hydrogen) atoms. The van der Waals surface area contributed by atoms with Gasteiger partial charge < -0.3 is 18.6 Å². The minimum Gasteiger partial charge on any atom is -0.470 e. The van der Waals surface area contributed by atoms with Gasteiger partial charge in [0.05, 0.1) is 0 Å². The van der Waals surface area contributed by atoms with E-state index >= 15 is 0 Å². The molecule has 0 spiro atoms. The largest absolute Gasteiger partial charge is 0.470 e. The van der Waals surface area contributed by atoms with Crippen molar-refractivity contribution >= 4 is 14.3 Å². The Bertz CT molecular complexity index is 450. The number of nitrogens with zero attached hydrogens (tertiary/aromatic N) is 1. The van der Waals surface area contributed by atoms with Crippen LogP contribution < -0.4 is 9.47 Å². The smallest absolute Gasteiger partial charge is 0.216 e. The van der Waals surface area contributed by atoms with Crippen molar-refractivity contribution in [2.75, 3.05) is 39.4 Å². The lowest BCUT2D eigenvalue weighted by molar-refractivity contribution is 0.333. The molecule has 0 bridgehead atoms. The predicted molar refractivity (Wildman–Crippen MR) is 74.1 cm³/mol. The lowest BCUT2D eigenvalue weighted by atomic mass is 10.5. The summed E-state index contributed by atoms with van der Waals surface area (Å²) in [5.74, 6) is 0.719. The third-order valence-electron chi connectivity index (χ3n) is 1.74. The second-order valence-corrected chi connectivity index (χ2v) is 11.8. The summed E-state index contributed by atoms with van der Waals surface area (Å²) in [6.07, 6.45) is 0.285. The number of hydrogen-bond donors (Lipinski definition) is 0. The van der Waals surface area contributed by atoms with E-state index < -0.39 is 14.3 Å². The third kappa shape index (κ3) is 6.83. The molecule has 0 N–H and O–H groups in total. The fraction of sp³-hybridized carbons (Fsp3) is 0.545. The first-order chi connectivity index (χ1) is 8.16. The van der Waals surface area contributed by atoms with Gasteiger partial charge in [-0.15, -0.1) is 0 Å². The summed E-state index contributed by atoms with van der Waals surface area (Å²) in [5, 5.41) is 0. The quantitative estimate of drug-likeness (QED) is 0.754. The van der Waals surface area contributed by atoms with Crippen LogP contribution in [-0.4, -0.2) is 44.3 Å². The van der Waals surface area contributed by atoms with E-state index in [2.05, 4.69) is 4.98 Å². The number of pyridine rings is 1. The molecule has 0 atom stereocenters. The first-order valence-corrected chi connectivity index (χ1v) is 11.0. The van der Waals surface area contributed by atoms with Crippen LogP contribution in [0.15, 0.2) is 18.2 Å². The van der Waals surface area contributed by atoms with Crippen LogP contribution in [0.2, 0.25) is 0 Å². The van der Waals surface area contributed by atoms with Crippen LogP contribution in [0.4, 0.5) is 0 Å². The Morgan fingerprint density at radius 3 is 1.67 bits per heavy atom. The van der Waals surface area contributed by atoms with E-state index in [1.165, 1.54) is 0 Å². The van der Waals surface area contributed by atoms with E-state index in [1.54, 1.807) is 44.9 Å². The van der Waals surface area contributed by atoms with Crippen LogP contribution >= 0.6 is 14.3 Å². The second-order valence-electron chi connectivity index (χ2n) is 5.01. The summed E-state index contributed by atoms with van der Waals surface area (Å²) in [7, 11) is -4.47. The molecule has 0 radical (unpaired) electrons. The highest BCUT2D eigenvalue weighted by molar-refractivity contribution is 7.62. The molecule has 0 aliphatic carbocycles. The summed E-state index contributed by atoms with van der Waals surface area (Å²) in [6.45, 7) is 6.60. The highest BCUT2D eigenvalue weighted by Gasteiger charge is 2.11. The van der Waals surface area contributed by atoms with E-state index in [-0.39, 0.29) is 12.7 Å². The van der Waals surface area contributed by atoms with Crippen LogP contribution in [0.5, 0.6) is 11.8 Å². The number of hydrogen-bond acceptors (Lipinski definition) is 5. The molecule has 1 aromatic rings. The molecular weight excluding hydrogens is 272 g/mol. The number of rotatable bonds is 6. The Kier molecular flexibility index (Phi) is 5.01. The van der Waals surface area contributed by atoms with E-state index in [4.69, 9.17) is 9.47 Å². The summed E-state index contributed by atoms with van der Waals surface area (Å²) in [6, 6.07) is 5.06. The molecule has 0 aromatic carbocycles. The van der Waals surface area contributed by atoms with Crippen molar-refractivity contribution < 1.29 is 18.6 Å². The average Bonchev–Trinajstić information content (AvgIpc) is 2.22. The Hall–Kier alpha value is -0.790. The SMILES string of the molecule is CP(C)(=O)COc1cccc(OCP(C)(C)=O)n1. The Labute approximate surface area is 108 Å². The standard InChI is InChI=1S/C11H19NO4P2/c1-17(2,13)8-15-10-6-5-7-11(12-10)16-9-18(3,4)14/h5-7H,8-9H2,1-4H3. The first kappa shape index (κ1) is 15.3. The average molecular weight is 291 g/mol. The second kappa shape index (κ2) is 5.90. The Balaban J connectivity index is 2.62. The first-order valence-electron chi connectivity index (χ1n) is 5.46. The molecule has 0 unspecified atom stereocenters. The van der Waals surface area contributed by atoms with Crippen molar-refractivity contribution in [3.8, 4) is 11.8 Å². The van der Waals surface area contributed by atoms with Crippen molar-refractivity contribution in [2.45, 2.75) is 0 Å². The van der Waals surface area contributed by atoms with Crippen LogP contribution in [-0.2, 0) is 9.13 Å². The fourth-order valence-electron chi connectivity index (χ4n) is 1.000. The van der Waals surface area contributed by atoms with Crippen LogP contribution in [0.25, 0.3) is 0 Å². The van der Waals surface area contributed by atoms with E-state index in [0.717, 1.165) is 0 Å². The topological polar surface area (TPSA) is 65.5 Å². The molecule has 1 rings (SSSR count). The minimum atomic E-state index is -2.24. The van der Waals surface area contributed by atoms with Crippen LogP contribution in [0.1, 0.15) is 0 Å². The summed E-state index contributed by atoms with van der Waals surface area (Å²) >= 11 is 0. The maximum atomic E-state index is 11.5. The van der Waals surface area contributed by atoms with E-state index in [0.29, 0.717) is 11.8 Å². The lowest BCUT2D eigenvalue weighted by Gasteiger charge is -2.11. The molecular formula is C11H19NO4P2. The maximum absolute atomic E-state index is 11.5. The number of aromatic nitrogens is 1. The van der Waals surface area contributed by atoms with Gasteiger partial charge in [-0.2, -0.15) is 4.98 Å². The monoisotopic (exact) mass is 291 g/mol. The van der Waals surface area contributed by atoms with Crippen molar-refractivity contribution in [1.29, 1.82) is 0 Å². The van der Waals surface area contributed by atoms with Gasteiger partial charge >= 0.3 is 0 Å². The molecule has 0 saturated carbocycles. The van der Waals surface area contributed by atoms with Gasteiger partial charge in [-0.1, -0.05) is 6.07 Å². The zero-order valence-corrected chi connectivity index (χ0v) is 12.9. The molecule has 5 nitrogen and oxygen atoms in total. The van der Waals surface area contributed by atoms with Crippen molar-refractivity contribution in [3.05, 3.63) is 18.2 Å². The third-order valence-corrected chi connectivity index (χ3v) is 3.25. The van der Waals surface area contributed by atoms with Gasteiger partial charge in [0.25, 0.3) is 0 Å². The predicted octanol–water partition coefficient (Wildman–Crippen LogP) is 3.00. The number of ether oxygens (including phenoxy) is 2. The van der Waals surface area contributed by atoms with Gasteiger partial charge in [0, 0.05) is 12.1 Å². The molecule has 1 heterocycles. The summed E-state index contributed by atoms with van der Waals surface area (Å²) < 4.78 is 33.7. The van der Waals surface area contributed by atoms with E-state index in [9.17, 15) is 9.13 Å². The van der Waals surface area contributed by atoms with Crippen LogP contribution in [0.3, 0.4) is 0 Å². The molecule has 0 aliphatic rings. The highest BCUT2D eigenvalue weighted by atomic mass is 31.2. The van der Waals surface area contributed by atoms with Gasteiger partial charge in [0.2, 0.25) is 11.8 Å². The Morgan fingerprint density at radius 2 is 1.33 bits per heavy atom. The van der Waals surface area contributed by atoms with Crippen LogP contribution in [0, 0.1) is 0 Å². The maximum Gasteiger partial charge on any atom is 0.216 e. The Morgan fingerprint density at radius 1 is 0.944 bits per heavy atom. The zero-order valence-electron chi connectivity index (χ0n) is 11.1.